The first-order valence-electron chi connectivity index (χ1n) is 6.59. The summed E-state index contributed by atoms with van der Waals surface area (Å²) < 4.78 is 26.5. The van der Waals surface area contributed by atoms with Crippen molar-refractivity contribution in [1.82, 2.24) is 5.32 Å². The minimum atomic E-state index is -0.627. The van der Waals surface area contributed by atoms with Gasteiger partial charge in [0, 0.05) is 6.07 Å². The molecule has 0 aliphatic carbocycles. The van der Waals surface area contributed by atoms with Crippen molar-refractivity contribution in [2.24, 2.45) is 5.92 Å². The number of benzene rings is 1. The van der Waals surface area contributed by atoms with Crippen LogP contribution in [0.15, 0.2) is 18.2 Å². The van der Waals surface area contributed by atoms with Gasteiger partial charge in [-0.15, -0.1) is 0 Å². The fourth-order valence-electron chi connectivity index (χ4n) is 2.38. The average molecular weight is 268 g/mol. The fraction of sp³-hybridized carbons (Fsp3) is 0.500. The third-order valence-corrected chi connectivity index (χ3v) is 3.59. The summed E-state index contributed by atoms with van der Waals surface area (Å²) in [5.74, 6) is -0.991. The largest absolute Gasteiger partial charge is 0.322 e. The second-order valence-corrected chi connectivity index (χ2v) is 4.92. The topological polar surface area (TPSA) is 41.1 Å². The molecule has 1 aliphatic heterocycles. The fourth-order valence-corrected chi connectivity index (χ4v) is 2.38. The zero-order valence-electron chi connectivity index (χ0n) is 10.9. The third kappa shape index (κ3) is 3.50. The van der Waals surface area contributed by atoms with Crippen LogP contribution in [0.3, 0.4) is 0 Å². The molecule has 104 valence electrons. The van der Waals surface area contributed by atoms with Gasteiger partial charge in [0.15, 0.2) is 0 Å². The first kappa shape index (κ1) is 13.9. The van der Waals surface area contributed by atoms with Gasteiger partial charge >= 0.3 is 0 Å². The van der Waals surface area contributed by atoms with Crippen molar-refractivity contribution in [3.63, 3.8) is 0 Å². The maximum absolute atomic E-state index is 13.4. The summed E-state index contributed by atoms with van der Waals surface area (Å²) in [5.41, 5.74) is -0.106. The van der Waals surface area contributed by atoms with Gasteiger partial charge in [-0.25, -0.2) is 8.78 Å². The van der Waals surface area contributed by atoms with E-state index in [1.54, 1.807) is 0 Å². The van der Waals surface area contributed by atoms with E-state index in [-0.39, 0.29) is 17.6 Å². The van der Waals surface area contributed by atoms with Gasteiger partial charge in [-0.05, 0) is 37.4 Å². The Morgan fingerprint density at radius 1 is 1.47 bits per heavy atom. The van der Waals surface area contributed by atoms with E-state index in [4.69, 9.17) is 0 Å². The molecule has 1 amide bonds. The number of nitrogens with one attached hydrogen (secondary N) is 2. The van der Waals surface area contributed by atoms with E-state index in [1.165, 1.54) is 0 Å². The van der Waals surface area contributed by atoms with Crippen LogP contribution in [0.4, 0.5) is 14.5 Å². The van der Waals surface area contributed by atoms with E-state index in [2.05, 4.69) is 17.6 Å². The molecule has 19 heavy (non-hydrogen) atoms. The van der Waals surface area contributed by atoms with Crippen LogP contribution >= 0.6 is 0 Å². The number of hydrogen-bond donors (Lipinski definition) is 2. The summed E-state index contributed by atoms with van der Waals surface area (Å²) in [5, 5.41) is 5.56. The van der Waals surface area contributed by atoms with E-state index >= 15 is 0 Å². The maximum atomic E-state index is 13.4. The van der Waals surface area contributed by atoms with Crippen LogP contribution in [0.25, 0.3) is 0 Å². The summed E-state index contributed by atoms with van der Waals surface area (Å²) in [6.45, 7) is 2.87. The van der Waals surface area contributed by atoms with Crippen molar-refractivity contribution >= 4 is 11.6 Å². The Balaban J connectivity index is 2.02. The molecule has 2 atom stereocenters. The number of hydrogen-bond acceptors (Lipinski definition) is 2. The summed E-state index contributed by atoms with van der Waals surface area (Å²) in [7, 11) is 0. The summed E-state index contributed by atoms with van der Waals surface area (Å²) in [6.07, 6.45) is 2.81. The molecule has 5 heteroatoms. The van der Waals surface area contributed by atoms with Gasteiger partial charge in [0.25, 0.3) is 0 Å². The highest BCUT2D eigenvalue weighted by molar-refractivity contribution is 5.95. The second kappa shape index (κ2) is 6.10. The number of rotatable bonds is 3. The third-order valence-electron chi connectivity index (χ3n) is 3.59. The Bertz CT molecular complexity index is 465. The van der Waals surface area contributed by atoms with Crippen molar-refractivity contribution in [3.8, 4) is 0 Å². The number of halogens is 2. The quantitative estimate of drug-likeness (QED) is 0.885. The van der Waals surface area contributed by atoms with Crippen LogP contribution in [0, 0.1) is 17.6 Å². The van der Waals surface area contributed by atoms with E-state index in [0.29, 0.717) is 5.92 Å². The normalized spacial score (nSPS) is 23.1. The van der Waals surface area contributed by atoms with Crippen LogP contribution in [0.5, 0.6) is 0 Å². The first-order chi connectivity index (χ1) is 9.10. The smallest absolute Gasteiger partial charge is 0.241 e. The number of piperidine rings is 1. The van der Waals surface area contributed by atoms with E-state index in [9.17, 15) is 13.6 Å². The Morgan fingerprint density at radius 2 is 2.26 bits per heavy atom. The number of anilines is 1. The molecule has 1 aromatic rings. The maximum Gasteiger partial charge on any atom is 0.241 e. The molecule has 1 heterocycles. The van der Waals surface area contributed by atoms with Crippen LogP contribution in [0.1, 0.15) is 26.2 Å². The molecular formula is C14H18F2N2O. The molecule has 0 bridgehead atoms. The molecule has 1 aromatic carbocycles. The minimum Gasteiger partial charge on any atom is -0.322 e. The van der Waals surface area contributed by atoms with Gasteiger partial charge in [0.05, 0.1) is 11.7 Å². The van der Waals surface area contributed by atoms with Crippen LogP contribution in [-0.4, -0.2) is 18.5 Å². The molecule has 3 nitrogen and oxygen atoms in total. The highest BCUT2D eigenvalue weighted by atomic mass is 19.1. The molecule has 0 spiro atoms. The summed E-state index contributed by atoms with van der Waals surface area (Å²) in [6, 6.07) is 2.69. The molecule has 0 saturated carbocycles. The second-order valence-electron chi connectivity index (χ2n) is 4.92. The van der Waals surface area contributed by atoms with Gasteiger partial charge < -0.3 is 10.6 Å². The molecule has 1 saturated heterocycles. The molecule has 2 rings (SSSR count). The molecule has 1 aliphatic rings. The lowest BCUT2D eigenvalue weighted by Gasteiger charge is -2.28. The lowest BCUT2D eigenvalue weighted by molar-refractivity contribution is -0.119. The van der Waals surface area contributed by atoms with Crippen molar-refractivity contribution < 1.29 is 13.6 Å². The van der Waals surface area contributed by atoms with Crippen molar-refractivity contribution in [3.05, 3.63) is 29.8 Å². The first-order valence-corrected chi connectivity index (χ1v) is 6.59. The Labute approximate surface area is 111 Å². The molecule has 0 radical (unpaired) electrons. The van der Waals surface area contributed by atoms with Crippen LogP contribution in [0.2, 0.25) is 0 Å². The lowest BCUT2D eigenvalue weighted by Crippen LogP contribution is -2.46. The van der Waals surface area contributed by atoms with Gasteiger partial charge in [-0.2, -0.15) is 0 Å². The molecular weight excluding hydrogens is 250 g/mol. The molecule has 2 unspecified atom stereocenters. The predicted molar refractivity (Wildman–Crippen MR) is 69.8 cm³/mol. The van der Waals surface area contributed by atoms with Crippen LogP contribution in [-0.2, 0) is 4.79 Å². The van der Waals surface area contributed by atoms with Crippen molar-refractivity contribution in [2.45, 2.75) is 32.2 Å². The highest BCUT2D eigenvalue weighted by Crippen LogP contribution is 2.21. The SMILES string of the molecule is CCC1CCNC(C(=O)Nc2cc(F)ccc2F)C1. The van der Waals surface area contributed by atoms with E-state index < -0.39 is 11.6 Å². The standard InChI is InChI=1S/C14H18F2N2O/c1-2-9-5-6-17-13(7-9)14(19)18-12-8-10(15)3-4-11(12)16/h3-4,8-9,13,17H,2,5-7H2,1H3,(H,18,19). The number of carbonyl (C=O) groups excluding carboxylic acids is 1. The predicted octanol–water partition coefficient (Wildman–Crippen LogP) is 2.68. The van der Waals surface area contributed by atoms with Gasteiger partial charge in [0.2, 0.25) is 5.91 Å². The number of amides is 1. The minimum absolute atomic E-state index is 0.106. The molecule has 1 fully saturated rings. The lowest BCUT2D eigenvalue weighted by atomic mass is 9.90. The zero-order valence-corrected chi connectivity index (χ0v) is 10.9. The highest BCUT2D eigenvalue weighted by Gasteiger charge is 2.26. The Kier molecular flexibility index (Phi) is 4.47. The summed E-state index contributed by atoms with van der Waals surface area (Å²) in [4.78, 5) is 12.0. The van der Waals surface area contributed by atoms with Crippen molar-refractivity contribution in [2.75, 3.05) is 11.9 Å². The van der Waals surface area contributed by atoms with Gasteiger partial charge in [-0.3, -0.25) is 4.79 Å². The van der Waals surface area contributed by atoms with Gasteiger partial charge in [0.1, 0.15) is 11.6 Å². The molecule has 2 N–H and O–H groups in total. The van der Waals surface area contributed by atoms with E-state index in [0.717, 1.165) is 44.0 Å². The Hall–Kier alpha value is -1.49. The summed E-state index contributed by atoms with van der Waals surface area (Å²) >= 11 is 0. The molecule has 0 aromatic heterocycles. The van der Waals surface area contributed by atoms with Crippen molar-refractivity contribution in [1.29, 1.82) is 0 Å². The average Bonchev–Trinajstić information content (AvgIpc) is 2.43. The Morgan fingerprint density at radius 3 is 3.00 bits per heavy atom. The van der Waals surface area contributed by atoms with Crippen LogP contribution < -0.4 is 10.6 Å². The van der Waals surface area contributed by atoms with Gasteiger partial charge in [-0.1, -0.05) is 13.3 Å². The van der Waals surface area contributed by atoms with E-state index in [1.807, 2.05) is 0 Å². The zero-order chi connectivity index (χ0) is 13.8. The monoisotopic (exact) mass is 268 g/mol. The number of carbonyl (C=O) groups is 1.